The molecule has 2 aromatic carbocycles. The van der Waals surface area contributed by atoms with Crippen molar-refractivity contribution in [3.63, 3.8) is 0 Å². The van der Waals surface area contributed by atoms with Crippen molar-refractivity contribution in [3.8, 4) is 22.8 Å². The lowest BCUT2D eigenvalue weighted by molar-refractivity contribution is -0.128. The van der Waals surface area contributed by atoms with E-state index in [0.717, 1.165) is 22.6 Å². The number of rotatable bonds is 7. The summed E-state index contributed by atoms with van der Waals surface area (Å²) in [6.45, 7) is 5.55. The third-order valence-corrected chi connectivity index (χ3v) is 5.08. The molecule has 0 radical (unpaired) electrons. The Kier molecular flexibility index (Phi) is 6.02. The first-order valence-corrected chi connectivity index (χ1v) is 10.3. The smallest absolute Gasteiger partial charge is 0.261 e. The normalized spacial score (nSPS) is 12.9. The number of carbonyl (C=O) groups is 1. The van der Waals surface area contributed by atoms with Crippen LogP contribution in [0.2, 0.25) is 0 Å². The SMILES string of the molecule is COc1ccc(-c2cc3nc([C@H](C)NC(=O)C(C)Oc4ccc(C)cc4)nn3cn2)cc1. The summed E-state index contributed by atoms with van der Waals surface area (Å²) in [5, 5.41) is 7.36. The maximum Gasteiger partial charge on any atom is 0.261 e. The molecule has 0 fully saturated rings. The van der Waals surface area contributed by atoms with E-state index < -0.39 is 12.1 Å². The van der Waals surface area contributed by atoms with Crippen LogP contribution in [0.5, 0.6) is 11.5 Å². The highest BCUT2D eigenvalue weighted by Gasteiger charge is 2.20. The molecular weight excluding hydrogens is 406 g/mol. The minimum absolute atomic E-state index is 0.242. The number of ether oxygens (including phenoxy) is 2. The van der Waals surface area contributed by atoms with Crippen LogP contribution in [0.25, 0.3) is 16.9 Å². The molecule has 0 aliphatic rings. The molecule has 0 aliphatic carbocycles. The van der Waals surface area contributed by atoms with Crippen molar-refractivity contribution in [2.75, 3.05) is 7.11 Å². The molecular formula is C24H25N5O3. The van der Waals surface area contributed by atoms with Crippen LogP contribution in [0.15, 0.2) is 60.9 Å². The predicted molar refractivity (Wildman–Crippen MR) is 121 cm³/mol. The second-order valence-electron chi connectivity index (χ2n) is 7.58. The number of aryl methyl sites for hydroxylation is 1. The Bertz CT molecular complexity index is 1220. The predicted octanol–water partition coefficient (Wildman–Crippen LogP) is 3.75. The van der Waals surface area contributed by atoms with Crippen molar-refractivity contribution in [1.29, 1.82) is 0 Å². The largest absolute Gasteiger partial charge is 0.497 e. The lowest BCUT2D eigenvalue weighted by atomic mass is 10.1. The van der Waals surface area contributed by atoms with E-state index in [1.807, 2.05) is 68.4 Å². The highest BCUT2D eigenvalue weighted by atomic mass is 16.5. The van der Waals surface area contributed by atoms with Gasteiger partial charge in [-0.2, -0.15) is 0 Å². The summed E-state index contributed by atoms with van der Waals surface area (Å²) in [5.74, 6) is 1.68. The Hall–Kier alpha value is -3.94. The molecule has 0 saturated carbocycles. The van der Waals surface area contributed by atoms with Gasteiger partial charge in [-0.15, -0.1) is 5.10 Å². The second kappa shape index (κ2) is 9.05. The van der Waals surface area contributed by atoms with Crippen LogP contribution in [-0.4, -0.2) is 38.7 Å². The summed E-state index contributed by atoms with van der Waals surface area (Å²) in [6, 6.07) is 16.7. The summed E-state index contributed by atoms with van der Waals surface area (Å²) in [7, 11) is 1.63. The zero-order valence-corrected chi connectivity index (χ0v) is 18.4. The van der Waals surface area contributed by atoms with Gasteiger partial charge in [0, 0.05) is 11.6 Å². The standard InChI is InChI=1S/C24H25N5O3/c1-15-5-9-20(10-6-15)32-17(3)24(30)26-16(2)23-27-22-13-21(25-14-29(22)28-23)18-7-11-19(31-4)12-8-18/h5-14,16-17H,1-4H3,(H,26,30)/t16-,17?/m0/s1. The van der Waals surface area contributed by atoms with Gasteiger partial charge in [-0.3, -0.25) is 4.79 Å². The van der Waals surface area contributed by atoms with Crippen LogP contribution in [-0.2, 0) is 4.79 Å². The topological polar surface area (TPSA) is 90.6 Å². The van der Waals surface area contributed by atoms with E-state index in [-0.39, 0.29) is 5.91 Å². The number of methoxy groups -OCH3 is 1. The minimum atomic E-state index is -0.652. The maximum absolute atomic E-state index is 12.6. The molecule has 4 rings (SSSR count). The van der Waals surface area contributed by atoms with Crippen molar-refractivity contribution >= 4 is 11.6 Å². The third kappa shape index (κ3) is 4.69. The number of fused-ring (bicyclic) bond motifs is 1. The van der Waals surface area contributed by atoms with Gasteiger partial charge in [-0.1, -0.05) is 17.7 Å². The zero-order chi connectivity index (χ0) is 22.7. The second-order valence-corrected chi connectivity index (χ2v) is 7.58. The van der Waals surface area contributed by atoms with Gasteiger partial charge in [0.2, 0.25) is 0 Å². The fraction of sp³-hybridized carbons (Fsp3) is 0.250. The molecule has 0 bridgehead atoms. The molecule has 2 heterocycles. The highest BCUT2D eigenvalue weighted by Crippen LogP contribution is 2.22. The van der Waals surface area contributed by atoms with E-state index in [4.69, 9.17) is 9.47 Å². The molecule has 1 N–H and O–H groups in total. The van der Waals surface area contributed by atoms with E-state index in [1.165, 1.54) is 0 Å². The van der Waals surface area contributed by atoms with Crippen LogP contribution in [0.4, 0.5) is 0 Å². The lowest BCUT2D eigenvalue weighted by Gasteiger charge is -2.17. The maximum atomic E-state index is 12.6. The molecule has 1 unspecified atom stereocenters. The van der Waals surface area contributed by atoms with Crippen molar-refractivity contribution in [3.05, 3.63) is 72.3 Å². The molecule has 0 saturated heterocycles. The first kappa shape index (κ1) is 21.3. The van der Waals surface area contributed by atoms with Gasteiger partial charge in [-0.05, 0) is 57.2 Å². The van der Waals surface area contributed by atoms with E-state index in [2.05, 4.69) is 20.4 Å². The Labute approximate surface area is 186 Å². The van der Waals surface area contributed by atoms with Crippen LogP contribution >= 0.6 is 0 Å². The lowest BCUT2D eigenvalue weighted by Crippen LogP contribution is -2.38. The van der Waals surface area contributed by atoms with Gasteiger partial charge in [-0.25, -0.2) is 14.5 Å². The summed E-state index contributed by atoms with van der Waals surface area (Å²) in [6.07, 6.45) is 0.962. The van der Waals surface area contributed by atoms with Gasteiger partial charge in [0.05, 0.1) is 18.8 Å². The molecule has 1 amide bonds. The first-order valence-electron chi connectivity index (χ1n) is 10.3. The number of carbonyl (C=O) groups excluding carboxylic acids is 1. The minimum Gasteiger partial charge on any atom is -0.497 e. The average molecular weight is 431 g/mol. The van der Waals surface area contributed by atoms with Gasteiger partial charge in [0.1, 0.15) is 17.8 Å². The number of amides is 1. The zero-order valence-electron chi connectivity index (χ0n) is 18.4. The van der Waals surface area contributed by atoms with E-state index >= 15 is 0 Å². The van der Waals surface area contributed by atoms with E-state index in [0.29, 0.717) is 17.2 Å². The quantitative estimate of drug-likeness (QED) is 0.479. The third-order valence-electron chi connectivity index (χ3n) is 5.08. The Morgan fingerprint density at radius 2 is 1.72 bits per heavy atom. The average Bonchev–Trinajstić information content (AvgIpc) is 3.24. The summed E-state index contributed by atoms with van der Waals surface area (Å²) in [5.41, 5.74) is 3.49. The monoisotopic (exact) mass is 431 g/mol. The molecule has 2 aromatic heterocycles. The number of benzene rings is 2. The van der Waals surface area contributed by atoms with E-state index in [1.54, 1.807) is 24.9 Å². The molecule has 4 aromatic rings. The van der Waals surface area contributed by atoms with Crippen molar-refractivity contribution < 1.29 is 14.3 Å². The summed E-state index contributed by atoms with van der Waals surface area (Å²) in [4.78, 5) is 21.6. The number of hydrogen-bond acceptors (Lipinski definition) is 6. The number of nitrogens with one attached hydrogen (secondary N) is 1. The number of nitrogens with zero attached hydrogens (tertiary/aromatic N) is 4. The van der Waals surface area contributed by atoms with Crippen molar-refractivity contribution in [2.24, 2.45) is 0 Å². The van der Waals surface area contributed by atoms with Crippen LogP contribution < -0.4 is 14.8 Å². The van der Waals surface area contributed by atoms with E-state index in [9.17, 15) is 4.79 Å². The molecule has 164 valence electrons. The summed E-state index contributed by atoms with van der Waals surface area (Å²) >= 11 is 0. The highest BCUT2D eigenvalue weighted by molar-refractivity contribution is 5.81. The van der Waals surface area contributed by atoms with Crippen LogP contribution in [0.1, 0.15) is 31.3 Å². The molecule has 8 nitrogen and oxygen atoms in total. The summed E-state index contributed by atoms with van der Waals surface area (Å²) < 4.78 is 12.5. The van der Waals surface area contributed by atoms with Gasteiger partial charge >= 0.3 is 0 Å². The van der Waals surface area contributed by atoms with Crippen LogP contribution in [0.3, 0.4) is 0 Å². The Morgan fingerprint density at radius 3 is 2.41 bits per heavy atom. The van der Waals surface area contributed by atoms with Gasteiger partial charge < -0.3 is 14.8 Å². The van der Waals surface area contributed by atoms with Gasteiger partial charge in [0.25, 0.3) is 5.91 Å². The molecule has 0 spiro atoms. The molecule has 2 atom stereocenters. The van der Waals surface area contributed by atoms with Crippen LogP contribution in [0, 0.1) is 6.92 Å². The molecule has 8 heteroatoms. The first-order chi connectivity index (χ1) is 15.4. The number of hydrogen-bond donors (Lipinski definition) is 1. The Morgan fingerprint density at radius 1 is 1.03 bits per heavy atom. The van der Waals surface area contributed by atoms with Gasteiger partial charge in [0.15, 0.2) is 17.6 Å². The Balaban J connectivity index is 1.45. The van der Waals surface area contributed by atoms with Crippen molar-refractivity contribution in [1.82, 2.24) is 24.9 Å². The molecule has 32 heavy (non-hydrogen) atoms. The fourth-order valence-electron chi connectivity index (χ4n) is 3.19. The van der Waals surface area contributed by atoms with Crippen molar-refractivity contribution in [2.45, 2.75) is 32.9 Å². The molecule has 0 aliphatic heterocycles. The fourth-order valence-corrected chi connectivity index (χ4v) is 3.19. The number of aromatic nitrogens is 4.